The first-order valence-electron chi connectivity index (χ1n) is 10.4. The number of ether oxygens (including phenoxy) is 3. The smallest absolute Gasteiger partial charge is 0.308 e. The Balaban J connectivity index is 2.38. The number of hydrogen-bond donors (Lipinski definition) is 1. The molecule has 0 spiro atoms. The van der Waals surface area contributed by atoms with Crippen molar-refractivity contribution in [2.75, 3.05) is 0 Å². The van der Waals surface area contributed by atoms with E-state index in [1.807, 2.05) is 19.9 Å². The quantitative estimate of drug-likeness (QED) is 0.198. The summed E-state index contributed by atoms with van der Waals surface area (Å²) in [7, 11) is 0. The topological polar surface area (TPSA) is 116 Å². The van der Waals surface area contributed by atoms with Gasteiger partial charge in [-0.15, -0.1) is 0 Å². The van der Waals surface area contributed by atoms with E-state index in [1.54, 1.807) is 6.07 Å². The second kappa shape index (κ2) is 11.6. The summed E-state index contributed by atoms with van der Waals surface area (Å²) < 4.78 is 15.3. The van der Waals surface area contributed by atoms with Gasteiger partial charge < -0.3 is 19.3 Å². The molecule has 0 aliphatic heterocycles. The van der Waals surface area contributed by atoms with E-state index in [4.69, 9.17) is 14.2 Å². The van der Waals surface area contributed by atoms with Crippen molar-refractivity contribution in [3.8, 4) is 23.0 Å². The summed E-state index contributed by atoms with van der Waals surface area (Å²) >= 11 is 0. The predicted molar refractivity (Wildman–Crippen MR) is 125 cm³/mol. The van der Waals surface area contributed by atoms with Gasteiger partial charge in [0.1, 0.15) is 11.5 Å². The molecular formula is C26H26O8. The van der Waals surface area contributed by atoms with Crippen LogP contribution in [0.2, 0.25) is 0 Å². The summed E-state index contributed by atoms with van der Waals surface area (Å²) in [6.07, 6.45) is 5.01. The molecule has 0 saturated heterocycles. The van der Waals surface area contributed by atoms with Gasteiger partial charge in [-0.05, 0) is 55.7 Å². The molecule has 0 radical (unpaired) electrons. The standard InChI is InChI=1S/C26H26O8/c1-15(2)6-9-20-13-21(23(31)14-25(20)33-17(4)28)22(30)10-7-19-8-11-24(32-16(3)27)26(12-19)34-18(5)29/h6-8,10-14,31H,9H2,1-5H3/b10-7+. The van der Waals surface area contributed by atoms with E-state index < -0.39 is 23.7 Å². The fourth-order valence-corrected chi connectivity index (χ4v) is 2.90. The van der Waals surface area contributed by atoms with Crippen molar-refractivity contribution in [1.29, 1.82) is 0 Å². The molecule has 0 heterocycles. The van der Waals surface area contributed by atoms with Gasteiger partial charge in [-0.2, -0.15) is 0 Å². The van der Waals surface area contributed by atoms with E-state index in [1.165, 1.54) is 57.2 Å². The lowest BCUT2D eigenvalue weighted by Gasteiger charge is -2.11. The lowest BCUT2D eigenvalue weighted by Crippen LogP contribution is -2.07. The minimum atomic E-state index is -0.604. The first-order chi connectivity index (χ1) is 16.0. The molecule has 0 aromatic heterocycles. The summed E-state index contributed by atoms with van der Waals surface area (Å²) in [5.74, 6) is -2.30. The van der Waals surface area contributed by atoms with E-state index in [2.05, 4.69) is 0 Å². The molecule has 2 aromatic carbocycles. The van der Waals surface area contributed by atoms with Crippen LogP contribution >= 0.6 is 0 Å². The van der Waals surface area contributed by atoms with Crippen molar-refractivity contribution in [2.24, 2.45) is 0 Å². The Bertz CT molecular complexity index is 1180. The number of esters is 3. The Morgan fingerprint density at radius 3 is 1.97 bits per heavy atom. The van der Waals surface area contributed by atoms with Gasteiger partial charge in [-0.25, -0.2) is 0 Å². The second-order valence-electron chi connectivity index (χ2n) is 7.65. The van der Waals surface area contributed by atoms with Gasteiger partial charge in [0.15, 0.2) is 17.3 Å². The Hall–Kier alpha value is -4.20. The highest BCUT2D eigenvalue weighted by Gasteiger charge is 2.16. The third-order valence-corrected chi connectivity index (χ3v) is 4.33. The summed E-state index contributed by atoms with van der Waals surface area (Å²) in [6, 6.07) is 7.16. The summed E-state index contributed by atoms with van der Waals surface area (Å²) in [4.78, 5) is 46.9. The molecule has 1 N–H and O–H groups in total. The third-order valence-electron chi connectivity index (χ3n) is 4.33. The fourth-order valence-electron chi connectivity index (χ4n) is 2.90. The van der Waals surface area contributed by atoms with Crippen LogP contribution in [0.5, 0.6) is 23.0 Å². The SMILES string of the molecule is CC(=O)Oc1cc(O)c(C(=O)/C=C/c2ccc(OC(C)=O)c(OC(C)=O)c2)cc1CC=C(C)C. The van der Waals surface area contributed by atoms with Crippen molar-refractivity contribution in [1.82, 2.24) is 0 Å². The van der Waals surface area contributed by atoms with Crippen LogP contribution in [0.15, 0.2) is 48.1 Å². The zero-order valence-corrected chi connectivity index (χ0v) is 19.6. The Labute approximate surface area is 197 Å². The van der Waals surface area contributed by atoms with Crippen LogP contribution in [-0.4, -0.2) is 28.8 Å². The van der Waals surface area contributed by atoms with E-state index in [0.29, 0.717) is 17.5 Å². The van der Waals surface area contributed by atoms with Crippen LogP contribution in [0.25, 0.3) is 6.08 Å². The predicted octanol–water partition coefficient (Wildman–Crippen LogP) is 4.57. The molecule has 8 heteroatoms. The van der Waals surface area contributed by atoms with Gasteiger partial charge in [0, 0.05) is 26.8 Å². The summed E-state index contributed by atoms with van der Waals surface area (Å²) in [5.41, 5.74) is 2.12. The lowest BCUT2D eigenvalue weighted by molar-refractivity contribution is -0.134. The van der Waals surface area contributed by atoms with Crippen LogP contribution < -0.4 is 14.2 Å². The molecule has 0 amide bonds. The number of hydrogen-bond acceptors (Lipinski definition) is 8. The second-order valence-corrected chi connectivity index (χ2v) is 7.65. The number of ketones is 1. The van der Waals surface area contributed by atoms with Crippen molar-refractivity contribution in [3.05, 3.63) is 64.7 Å². The van der Waals surface area contributed by atoms with Crippen molar-refractivity contribution >= 4 is 29.8 Å². The van der Waals surface area contributed by atoms with Crippen LogP contribution in [0.4, 0.5) is 0 Å². The molecule has 2 aromatic rings. The van der Waals surface area contributed by atoms with E-state index in [-0.39, 0.29) is 28.6 Å². The third kappa shape index (κ3) is 7.74. The molecule has 178 valence electrons. The molecule has 0 fully saturated rings. The maximum absolute atomic E-state index is 12.8. The molecule has 2 rings (SSSR count). The molecule has 0 atom stereocenters. The highest BCUT2D eigenvalue weighted by Crippen LogP contribution is 2.31. The van der Waals surface area contributed by atoms with Crippen LogP contribution in [0.1, 0.15) is 56.1 Å². The zero-order chi connectivity index (χ0) is 25.4. The maximum Gasteiger partial charge on any atom is 0.308 e. The van der Waals surface area contributed by atoms with Gasteiger partial charge in [0.25, 0.3) is 0 Å². The Kier molecular flexibility index (Phi) is 8.89. The van der Waals surface area contributed by atoms with Crippen LogP contribution in [-0.2, 0) is 20.8 Å². The molecule has 0 bridgehead atoms. The van der Waals surface area contributed by atoms with Gasteiger partial charge >= 0.3 is 17.9 Å². The van der Waals surface area contributed by atoms with Crippen molar-refractivity contribution in [3.63, 3.8) is 0 Å². The van der Waals surface area contributed by atoms with E-state index >= 15 is 0 Å². The largest absolute Gasteiger partial charge is 0.507 e. The van der Waals surface area contributed by atoms with Crippen LogP contribution in [0.3, 0.4) is 0 Å². The van der Waals surface area contributed by atoms with Gasteiger partial charge in [-0.3, -0.25) is 19.2 Å². The van der Waals surface area contributed by atoms with E-state index in [9.17, 15) is 24.3 Å². The van der Waals surface area contributed by atoms with E-state index in [0.717, 1.165) is 5.57 Å². The molecule has 0 unspecified atom stereocenters. The monoisotopic (exact) mass is 466 g/mol. The number of allylic oxidation sites excluding steroid dienone is 3. The average Bonchev–Trinajstić information content (AvgIpc) is 2.71. The maximum atomic E-state index is 12.8. The number of aromatic hydroxyl groups is 1. The normalized spacial score (nSPS) is 10.5. The number of benzene rings is 2. The molecular weight excluding hydrogens is 440 g/mol. The lowest BCUT2D eigenvalue weighted by atomic mass is 10.0. The molecule has 8 nitrogen and oxygen atoms in total. The van der Waals surface area contributed by atoms with Crippen molar-refractivity contribution < 1.29 is 38.5 Å². The number of phenols is 1. The number of rotatable bonds is 8. The van der Waals surface area contributed by atoms with Gasteiger partial charge in [0.2, 0.25) is 0 Å². The molecule has 0 saturated carbocycles. The highest BCUT2D eigenvalue weighted by atomic mass is 16.6. The Morgan fingerprint density at radius 1 is 0.794 bits per heavy atom. The average molecular weight is 466 g/mol. The highest BCUT2D eigenvalue weighted by molar-refractivity contribution is 6.09. The molecule has 0 aliphatic rings. The molecule has 34 heavy (non-hydrogen) atoms. The minimum absolute atomic E-state index is 0.0230. The fraction of sp³-hybridized carbons (Fsp3) is 0.231. The summed E-state index contributed by atoms with van der Waals surface area (Å²) in [5, 5.41) is 10.4. The zero-order valence-electron chi connectivity index (χ0n) is 19.6. The first-order valence-corrected chi connectivity index (χ1v) is 10.4. The van der Waals surface area contributed by atoms with Crippen LogP contribution in [0, 0.1) is 0 Å². The number of carbonyl (C=O) groups excluding carboxylic acids is 4. The van der Waals surface area contributed by atoms with Crippen molar-refractivity contribution in [2.45, 2.75) is 41.0 Å². The summed E-state index contributed by atoms with van der Waals surface area (Å²) in [6.45, 7) is 7.50. The Morgan fingerprint density at radius 2 is 1.38 bits per heavy atom. The van der Waals surface area contributed by atoms with Gasteiger partial charge in [0.05, 0.1) is 5.56 Å². The van der Waals surface area contributed by atoms with Gasteiger partial charge in [-0.1, -0.05) is 23.8 Å². The minimum Gasteiger partial charge on any atom is -0.507 e. The first kappa shape index (κ1) is 26.1. The molecule has 0 aliphatic carbocycles. The number of carbonyl (C=O) groups is 4. The number of phenolic OH excluding ortho intramolecular Hbond substituents is 1.